The lowest BCUT2D eigenvalue weighted by molar-refractivity contribution is -0.126. The monoisotopic (exact) mass is 451 g/mol. The van der Waals surface area contributed by atoms with Crippen molar-refractivity contribution in [3.05, 3.63) is 76.1 Å². The fourth-order valence-corrected chi connectivity index (χ4v) is 4.21. The molecule has 1 N–H and O–H groups in total. The zero-order valence-corrected chi connectivity index (χ0v) is 19.5. The quantitative estimate of drug-likeness (QED) is 0.523. The highest BCUT2D eigenvalue weighted by atomic mass is 35.5. The van der Waals surface area contributed by atoms with E-state index in [0.717, 1.165) is 61.5 Å². The van der Waals surface area contributed by atoms with Gasteiger partial charge in [0.15, 0.2) is 0 Å². The Morgan fingerprint density at radius 1 is 1.09 bits per heavy atom. The van der Waals surface area contributed by atoms with Crippen LogP contribution in [0, 0.1) is 12.8 Å². The number of halogens is 1. The van der Waals surface area contributed by atoms with Crippen molar-refractivity contribution in [2.45, 2.75) is 46.2 Å². The molecule has 2 aromatic carbocycles. The molecule has 0 saturated carbocycles. The number of carbonyl (C=O) groups excluding carboxylic acids is 1. The van der Waals surface area contributed by atoms with E-state index in [-0.39, 0.29) is 11.8 Å². The number of amides is 1. The third-order valence-electron chi connectivity index (χ3n) is 6.21. The maximum Gasteiger partial charge on any atom is 0.226 e. The van der Waals surface area contributed by atoms with Gasteiger partial charge in [-0.1, -0.05) is 42.8 Å². The molecule has 1 aromatic heterocycles. The Bertz CT molecular complexity index is 1040. The number of nitrogens with one attached hydrogen (secondary N) is 1. The Morgan fingerprint density at radius 3 is 2.41 bits per heavy atom. The molecule has 32 heavy (non-hydrogen) atoms. The van der Waals surface area contributed by atoms with E-state index in [1.165, 1.54) is 5.56 Å². The second kappa shape index (κ2) is 10.3. The molecule has 1 fully saturated rings. The van der Waals surface area contributed by atoms with E-state index in [2.05, 4.69) is 41.4 Å². The van der Waals surface area contributed by atoms with Crippen LogP contribution in [-0.2, 0) is 24.3 Å². The number of hydrogen-bond acceptors (Lipinski definition) is 4. The highest BCUT2D eigenvalue weighted by Crippen LogP contribution is 2.25. The largest absolute Gasteiger partial charge is 0.441 e. The molecule has 2 heterocycles. The highest BCUT2D eigenvalue weighted by molar-refractivity contribution is 6.30. The van der Waals surface area contributed by atoms with Gasteiger partial charge in [0.25, 0.3) is 0 Å². The van der Waals surface area contributed by atoms with Crippen molar-refractivity contribution in [2.75, 3.05) is 13.1 Å². The van der Waals surface area contributed by atoms with E-state index in [1.807, 2.05) is 31.2 Å². The van der Waals surface area contributed by atoms with Crippen LogP contribution >= 0.6 is 11.6 Å². The average Bonchev–Trinajstić information content (AvgIpc) is 3.19. The van der Waals surface area contributed by atoms with Crippen LogP contribution < -0.4 is 5.32 Å². The third-order valence-corrected chi connectivity index (χ3v) is 6.47. The van der Waals surface area contributed by atoms with Gasteiger partial charge in [0.2, 0.25) is 11.8 Å². The molecule has 0 atom stereocenters. The first-order valence-corrected chi connectivity index (χ1v) is 11.7. The lowest BCUT2D eigenvalue weighted by Gasteiger charge is -2.30. The van der Waals surface area contributed by atoms with E-state index in [1.54, 1.807) is 0 Å². The predicted molar refractivity (Wildman–Crippen MR) is 127 cm³/mol. The molecule has 0 unspecified atom stereocenters. The summed E-state index contributed by atoms with van der Waals surface area (Å²) >= 11 is 5.92. The minimum absolute atomic E-state index is 0.0598. The summed E-state index contributed by atoms with van der Waals surface area (Å²) in [6.45, 7) is 7.17. The van der Waals surface area contributed by atoms with Gasteiger partial charge in [0.1, 0.15) is 5.76 Å². The molecular weight excluding hydrogens is 422 g/mol. The van der Waals surface area contributed by atoms with Gasteiger partial charge in [0, 0.05) is 29.6 Å². The Morgan fingerprint density at radius 2 is 1.75 bits per heavy atom. The number of aryl methyl sites for hydroxylation is 2. The van der Waals surface area contributed by atoms with Crippen LogP contribution in [0.2, 0.25) is 5.02 Å². The smallest absolute Gasteiger partial charge is 0.226 e. The first-order valence-electron chi connectivity index (χ1n) is 11.3. The second-order valence-corrected chi connectivity index (χ2v) is 8.90. The summed E-state index contributed by atoms with van der Waals surface area (Å²) in [6, 6.07) is 16.0. The Hall–Kier alpha value is -2.63. The number of piperidine rings is 1. The number of hydrogen-bond donors (Lipinski definition) is 1. The number of benzene rings is 2. The van der Waals surface area contributed by atoms with Crippen LogP contribution in [0.4, 0.5) is 0 Å². The van der Waals surface area contributed by atoms with Crippen molar-refractivity contribution >= 4 is 17.5 Å². The summed E-state index contributed by atoms with van der Waals surface area (Å²) in [6.07, 6.45) is 2.73. The maximum absolute atomic E-state index is 12.6. The lowest BCUT2D eigenvalue weighted by Crippen LogP contribution is -2.40. The van der Waals surface area contributed by atoms with Crippen LogP contribution in [0.3, 0.4) is 0 Å². The van der Waals surface area contributed by atoms with E-state index >= 15 is 0 Å². The molecular formula is C26H30ClN3O2. The van der Waals surface area contributed by atoms with Crippen molar-refractivity contribution in [2.24, 2.45) is 5.92 Å². The molecule has 4 rings (SSSR count). The van der Waals surface area contributed by atoms with Crippen LogP contribution in [-0.4, -0.2) is 28.9 Å². The van der Waals surface area contributed by atoms with Crippen molar-refractivity contribution in [1.29, 1.82) is 0 Å². The van der Waals surface area contributed by atoms with Gasteiger partial charge in [-0.15, -0.1) is 0 Å². The minimum Gasteiger partial charge on any atom is -0.441 e. The van der Waals surface area contributed by atoms with Crippen LogP contribution in [0.5, 0.6) is 0 Å². The lowest BCUT2D eigenvalue weighted by atomic mass is 9.95. The summed E-state index contributed by atoms with van der Waals surface area (Å²) in [5.74, 6) is 1.73. The molecule has 0 radical (unpaired) electrons. The Balaban J connectivity index is 1.27. The van der Waals surface area contributed by atoms with Crippen LogP contribution in [0.15, 0.2) is 52.9 Å². The number of aromatic nitrogens is 1. The number of carbonyl (C=O) groups is 1. The summed E-state index contributed by atoms with van der Waals surface area (Å²) in [4.78, 5) is 19.7. The van der Waals surface area contributed by atoms with Gasteiger partial charge < -0.3 is 9.73 Å². The molecule has 3 aromatic rings. The number of nitrogens with zero attached hydrogens (tertiary/aromatic N) is 2. The van der Waals surface area contributed by atoms with Gasteiger partial charge in [-0.2, -0.15) is 0 Å². The first-order chi connectivity index (χ1) is 15.5. The van der Waals surface area contributed by atoms with Gasteiger partial charge in [0.05, 0.1) is 5.69 Å². The number of oxazole rings is 1. The Labute approximate surface area is 194 Å². The van der Waals surface area contributed by atoms with E-state index in [9.17, 15) is 4.79 Å². The third kappa shape index (κ3) is 5.59. The summed E-state index contributed by atoms with van der Waals surface area (Å²) in [5, 5.41) is 3.77. The van der Waals surface area contributed by atoms with E-state index in [0.29, 0.717) is 17.5 Å². The molecule has 1 aliphatic heterocycles. The minimum atomic E-state index is 0.0598. The molecule has 6 heteroatoms. The van der Waals surface area contributed by atoms with Crippen LogP contribution in [0.25, 0.3) is 11.5 Å². The molecule has 1 aliphatic rings. The molecule has 0 bridgehead atoms. The highest BCUT2D eigenvalue weighted by Gasteiger charge is 2.26. The van der Waals surface area contributed by atoms with Crippen molar-refractivity contribution in [3.63, 3.8) is 0 Å². The molecule has 0 aliphatic carbocycles. The zero-order valence-electron chi connectivity index (χ0n) is 18.7. The van der Waals surface area contributed by atoms with E-state index < -0.39 is 0 Å². The molecule has 1 saturated heterocycles. The van der Waals surface area contributed by atoms with Gasteiger partial charge in [-0.3, -0.25) is 9.69 Å². The second-order valence-electron chi connectivity index (χ2n) is 8.47. The van der Waals surface area contributed by atoms with Crippen molar-refractivity contribution in [1.82, 2.24) is 15.2 Å². The standard InChI is InChI=1S/C26H30ClN3O2/c1-3-19-4-8-22(9-5-19)26-29-24(18(2)32-26)17-30-14-12-21(13-15-30)25(31)28-16-20-6-10-23(27)11-7-20/h4-11,21H,3,12-17H2,1-2H3,(H,28,31). The van der Waals surface area contributed by atoms with Crippen molar-refractivity contribution < 1.29 is 9.21 Å². The summed E-state index contributed by atoms with van der Waals surface area (Å²) in [5.41, 5.74) is 4.34. The topological polar surface area (TPSA) is 58.4 Å². The van der Waals surface area contributed by atoms with Gasteiger partial charge in [-0.05, 0) is 74.7 Å². The zero-order chi connectivity index (χ0) is 22.5. The SMILES string of the molecule is CCc1ccc(-c2nc(CN3CCC(C(=O)NCc4ccc(Cl)cc4)CC3)c(C)o2)cc1. The molecule has 168 valence electrons. The molecule has 0 spiro atoms. The Kier molecular flexibility index (Phi) is 7.28. The van der Waals surface area contributed by atoms with Crippen molar-refractivity contribution in [3.8, 4) is 11.5 Å². The predicted octanol–water partition coefficient (Wildman–Crippen LogP) is 5.39. The molecule has 1 amide bonds. The maximum atomic E-state index is 12.6. The summed E-state index contributed by atoms with van der Waals surface area (Å²) in [7, 11) is 0. The summed E-state index contributed by atoms with van der Waals surface area (Å²) < 4.78 is 5.95. The fourth-order valence-electron chi connectivity index (χ4n) is 4.08. The fraction of sp³-hybridized carbons (Fsp3) is 0.385. The van der Waals surface area contributed by atoms with Gasteiger partial charge >= 0.3 is 0 Å². The first kappa shape index (κ1) is 22.6. The van der Waals surface area contributed by atoms with Crippen LogP contribution in [0.1, 0.15) is 42.3 Å². The molecule has 5 nitrogen and oxygen atoms in total. The average molecular weight is 452 g/mol. The normalized spacial score (nSPS) is 15.1. The number of likely N-dealkylation sites (tertiary alicyclic amines) is 1. The van der Waals surface area contributed by atoms with E-state index in [4.69, 9.17) is 21.0 Å². The number of rotatable bonds is 7. The van der Waals surface area contributed by atoms with Gasteiger partial charge in [-0.25, -0.2) is 4.98 Å².